The number of para-hydroxylation sites is 2. The Balaban J connectivity index is 1.15. The van der Waals surface area contributed by atoms with E-state index >= 15 is 0 Å². The quantitative estimate of drug-likeness (QED) is 0.537. The summed E-state index contributed by atoms with van der Waals surface area (Å²) in [5.41, 5.74) is 4.60. The van der Waals surface area contributed by atoms with Crippen LogP contribution in [0.15, 0.2) is 59.3 Å². The van der Waals surface area contributed by atoms with E-state index in [0.717, 1.165) is 74.0 Å². The van der Waals surface area contributed by atoms with Crippen LogP contribution < -0.4 is 19.3 Å². The van der Waals surface area contributed by atoms with E-state index in [1.807, 2.05) is 17.5 Å². The summed E-state index contributed by atoms with van der Waals surface area (Å²) in [4.78, 5) is 20.6. The lowest BCUT2D eigenvalue weighted by molar-refractivity contribution is -0.118. The van der Waals surface area contributed by atoms with Crippen LogP contribution >= 0.6 is 11.3 Å². The number of nitrogens with zero attached hydrogens (tertiary/aromatic N) is 3. The minimum Gasteiger partial charge on any atom is -0.486 e. The van der Waals surface area contributed by atoms with E-state index in [1.165, 1.54) is 5.56 Å². The first-order valence-corrected chi connectivity index (χ1v) is 13.5. The third kappa shape index (κ3) is 4.62. The Labute approximate surface area is 210 Å². The lowest BCUT2D eigenvalue weighted by Gasteiger charge is -2.43. The molecule has 6 rings (SSSR count). The zero-order chi connectivity index (χ0) is 23.6. The third-order valence-corrected chi connectivity index (χ3v) is 8.03. The zero-order valence-corrected chi connectivity index (χ0v) is 20.7. The first kappa shape index (κ1) is 22.4. The number of hydrogen-bond acceptors (Lipinski definition) is 6. The summed E-state index contributed by atoms with van der Waals surface area (Å²) in [6, 6.07) is 16.8. The maximum Gasteiger partial charge on any atom is 0.231 e. The number of benzene rings is 2. The molecule has 0 radical (unpaired) electrons. The Bertz CT molecular complexity index is 1170. The van der Waals surface area contributed by atoms with Crippen molar-refractivity contribution >= 4 is 28.6 Å². The van der Waals surface area contributed by atoms with Crippen molar-refractivity contribution in [2.45, 2.75) is 25.3 Å². The van der Waals surface area contributed by atoms with E-state index in [-0.39, 0.29) is 11.9 Å². The molecule has 1 amide bonds. The summed E-state index contributed by atoms with van der Waals surface area (Å²) in [5, 5.41) is 4.13. The van der Waals surface area contributed by atoms with Crippen LogP contribution in [-0.2, 0) is 17.6 Å². The fourth-order valence-corrected chi connectivity index (χ4v) is 6.21. The Morgan fingerprint density at radius 2 is 1.77 bits per heavy atom. The van der Waals surface area contributed by atoms with Crippen molar-refractivity contribution in [1.82, 2.24) is 4.90 Å². The average molecular weight is 490 g/mol. The number of carbonyl (C=O) groups is 1. The number of thiophene rings is 1. The van der Waals surface area contributed by atoms with E-state index in [1.54, 1.807) is 11.3 Å². The number of carbonyl (C=O) groups excluding carboxylic acids is 1. The SMILES string of the molecule is O=C(Cc1ccsc1)N1c2ccccc2CCC1CN1CCN(c2cccc3c2OCCO3)CC1. The fourth-order valence-electron chi connectivity index (χ4n) is 5.55. The molecule has 7 heteroatoms. The topological polar surface area (TPSA) is 45.3 Å². The van der Waals surface area contributed by atoms with Crippen molar-refractivity contribution in [3.63, 3.8) is 0 Å². The maximum absolute atomic E-state index is 13.5. The summed E-state index contributed by atoms with van der Waals surface area (Å²) in [7, 11) is 0. The Hall–Kier alpha value is -3.03. The second-order valence-electron chi connectivity index (χ2n) is 9.48. The van der Waals surface area contributed by atoms with Gasteiger partial charge in [0.1, 0.15) is 13.2 Å². The molecule has 0 aliphatic carbocycles. The highest BCUT2D eigenvalue weighted by atomic mass is 32.1. The van der Waals surface area contributed by atoms with Gasteiger partial charge >= 0.3 is 0 Å². The highest BCUT2D eigenvalue weighted by Gasteiger charge is 2.33. The number of aryl methyl sites for hydroxylation is 1. The van der Waals surface area contributed by atoms with Gasteiger partial charge in [-0.1, -0.05) is 24.3 Å². The summed E-state index contributed by atoms with van der Waals surface area (Å²) in [6.45, 7) is 5.92. The molecule has 35 heavy (non-hydrogen) atoms. The molecule has 6 nitrogen and oxygen atoms in total. The Kier molecular flexibility index (Phi) is 6.35. The van der Waals surface area contributed by atoms with Crippen LogP contribution in [0.4, 0.5) is 11.4 Å². The number of anilines is 2. The van der Waals surface area contributed by atoms with Crippen LogP contribution in [0, 0.1) is 0 Å². The molecule has 3 aliphatic rings. The highest BCUT2D eigenvalue weighted by molar-refractivity contribution is 7.08. The number of hydrogen-bond donors (Lipinski definition) is 0. The first-order chi connectivity index (χ1) is 17.3. The maximum atomic E-state index is 13.5. The van der Waals surface area contributed by atoms with Gasteiger partial charge in [-0.3, -0.25) is 9.69 Å². The minimum atomic E-state index is 0.198. The second kappa shape index (κ2) is 9.91. The van der Waals surface area contributed by atoms with Crippen LogP contribution in [0.5, 0.6) is 11.5 Å². The van der Waals surface area contributed by atoms with Crippen LogP contribution in [0.2, 0.25) is 0 Å². The van der Waals surface area contributed by atoms with E-state index in [2.05, 4.69) is 56.5 Å². The van der Waals surface area contributed by atoms with E-state index < -0.39 is 0 Å². The smallest absolute Gasteiger partial charge is 0.231 e. The molecule has 0 bridgehead atoms. The average Bonchev–Trinajstić information content (AvgIpc) is 3.41. The highest BCUT2D eigenvalue weighted by Crippen LogP contribution is 2.40. The van der Waals surface area contributed by atoms with Crippen molar-refractivity contribution in [3.8, 4) is 11.5 Å². The van der Waals surface area contributed by atoms with Gasteiger partial charge in [-0.2, -0.15) is 11.3 Å². The van der Waals surface area contributed by atoms with Crippen molar-refractivity contribution in [2.24, 2.45) is 0 Å². The van der Waals surface area contributed by atoms with Crippen LogP contribution in [-0.4, -0.2) is 62.8 Å². The molecular weight excluding hydrogens is 458 g/mol. The number of rotatable bonds is 5. The normalized spacial score (nSPS) is 19.9. The monoisotopic (exact) mass is 489 g/mol. The molecule has 1 unspecified atom stereocenters. The van der Waals surface area contributed by atoms with E-state index in [0.29, 0.717) is 19.6 Å². The van der Waals surface area contributed by atoms with Gasteiger partial charge in [-0.25, -0.2) is 0 Å². The molecule has 1 atom stereocenters. The molecule has 0 saturated carbocycles. The molecule has 1 aromatic heterocycles. The van der Waals surface area contributed by atoms with Crippen LogP contribution in [0.3, 0.4) is 0 Å². The molecule has 4 heterocycles. The van der Waals surface area contributed by atoms with E-state index in [9.17, 15) is 4.79 Å². The van der Waals surface area contributed by atoms with Crippen molar-refractivity contribution < 1.29 is 14.3 Å². The minimum absolute atomic E-state index is 0.198. The molecule has 3 aromatic rings. The summed E-state index contributed by atoms with van der Waals surface area (Å²) >= 11 is 1.65. The molecule has 1 saturated heterocycles. The summed E-state index contributed by atoms with van der Waals surface area (Å²) in [6.07, 6.45) is 2.49. The summed E-state index contributed by atoms with van der Waals surface area (Å²) in [5.74, 6) is 1.92. The Morgan fingerprint density at radius 1 is 0.943 bits per heavy atom. The second-order valence-corrected chi connectivity index (χ2v) is 10.3. The molecule has 0 N–H and O–H groups in total. The van der Waals surface area contributed by atoms with Gasteiger partial charge in [-0.05, 0) is 59.0 Å². The van der Waals surface area contributed by atoms with Crippen LogP contribution in [0.1, 0.15) is 17.5 Å². The van der Waals surface area contributed by atoms with Crippen molar-refractivity contribution in [1.29, 1.82) is 0 Å². The van der Waals surface area contributed by atoms with Gasteiger partial charge in [0.05, 0.1) is 12.1 Å². The predicted molar refractivity (Wildman–Crippen MR) is 140 cm³/mol. The van der Waals surface area contributed by atoms with Gasteiger partial charge in [0.25, 0.3) is 0 Å². The van der Waals surface area contributed by atoms with Gasteiger partial charge in [-0.15, -0.1) is 0 Å². The van der Waals surface area contributed by atoms with E-state index in [4.69, 9.17) is 9.47 Å². The lowest BCUT2D eigenvalue weighted by atomic mass is 9.94. The van der Waals surface area contributed by atoms with Crippen LogP contribution in [0.25, 0.3) is 0 Å². The molecule has 2 aromatic carbocycles. The number of amides is 1. The van der Waals surface area contributed by atoms with Gasteiger partial charge in [0.2, 0.25) is 5.91 Å². The molecule has 1 fully saturated rings. The van der Waals surface area contributed by atoms with Gasteiger partial charge in [0, 0.05) is 44.5 Å². The predicted octanol–water partition coefficient (Wildman–Crippen LogP) is 4.23. The first-order valence-electron chi connectivity index (χ1n) is 12.5. The summed E-state index contributed by atoms with van der Waals surface area (Å²) < 4.78 is 11.7. The fraction of sp³-hybridized carbons (Fsp3) is 0.393. The number of fused-ring (bicyclic) bond motifs is 2. The molecular formula is C28H31N3O3S. The molecule has 0 spiro atoms. The molecule has 182 valence electrons. The largest absolute Gasteiger partial charge is 0.486 e. The van der Waals surface area contributed by atoms with Crippen molar-refractivity contribution in [3.05, 3.63) is 70.4 Å². The Morgan fingerprint density at radius 3 is 2.63 bits per heavy atom. The zero-order valence-electron chi connectivity index (χ0n) is 19.9. The number of piperazine rings is 1. The lowest BCUT2D eigenvalue weighted by Crippen LogP contribution is -2.54. The number of ether oxygens (including phenoxy) is 2. The van der Waals surface area contributed by atoms with Gasteiger partial charge < -0.3 is 19.3 Å². The standard InChI is InChI=1S/C28H31N3O3S/c32-27(18-21-10-17-35-20-21)31-23(9-8-22-4-1-2-5-24(22)31)19-29-11-13-30(14-12-29)25-6-3-7-26-28(25)34-16-15-33-26/h1-7,10,17,20,23H,8-9,11-16,18-19H2. The van der Waals surface area contributed by atoms with Gasteiger partial charge in [0.15, 0.2) is 11.5 Å². The third-order valence-electron chi connectivity index (χ3n) is 7.29. The van der Waals surface area contributed by atoms with Crippen molar-refractivity contribution in [2.75, 3.05) is 55.7 Å². The molecule has 3 aliphatic heterocycles.